The number of benzene rings is 1. The third-order valence-electron chi connectivity index (χ3n) is 9.48. The number of allylic oxidation sites excluding steroid dienone is 1. The summed E-state index contributed by atoms with van der Waals surface area (Å²) in [6.45, 7) is 7.87. The number of ether oxygens (including phenoxy) is 2. The van der Waals surface area contributed by atoms with Crippen molar-refractivity contribution in [2.75, 3.05) is 0 Å². The van der Waals surface area contributed by atoms with E-state index < -0.39 is 11.0 Å². The minimum absolute atomic E-state index is 0.00679. The molecule has 6 nitrogen and oxygen atoms in total. The van der Waals surface area contributed by atoms with Crippen LogP contribution in [0.5, 0.6) is 0 Å². The third-order valence-corrected chi connectivity index (χ3v) is 9.48. The van der Waals surface area contributed by atoms with Gasteiger partial charge in [-0.25, -0.2) is 0 Å². The second kappa shape index (κ2) is 8.13. The predicted molar refractivity (Wildman–Crippen MR) is 125 cm³/mol. The van der Waals surface area contributed by atoms with Gasteiger partial charge in [0.1, 0.15) is 23.6 Å². The fraction of sp³-hybridized carbons (Fsp3) is 0.607. The number of hydrogen-bond donors (Lipinski definition) is 1. The summed E-state index contributed by atoms with van der Waals surface area (Å²) in [5.74, 6) is -0.0412. The van der Waals surface area contributed by atoms with Gasteiger partial charge in [-0.05, 0) is 68.2 Å². The van der Waals surface area contributed by atoms with Gasteiger partial charge in [0.15, 0.2) is 5.78 Å². The maximum Gasteiger partial charge on any atom is 0.293 e. The highest BCUT2D eigenvalue weighted by atomic mass is 16.6. The molecule has 4 aliphatic rings. The number of carbonyl (C=O) groups is 3. The second-order valence-electron chi connectivity index (χ2n) is 11.1. The van der Waals surface area contributed by atoms with Gasteiger partial charge >= 0.3 is 0 Å². The number of rotatable bonds is 7. The molecule has 1 aliphatic heterocycles. The van der Waals surface area contributed by atoms with Gasteiger partial charge < -0.3 is 14.6 Å². The van der Waals surface area contributed by atoms with E-state index in [9.17, 15) is 19.5 Å². The molecule has 1 aromatic rings. The second-order valence-corrected chi connectivity index (χ2v) is 11.1. The van der Waals surface area contributed by atoms with E-state index in [4.69, 9.17) is 9.47 Å². The summed E-state index contributed by atoms with van der Waals surface area (Å²) in [5.41, 5.74) is 1.53. The Hall–Kier alpha value is -2.31. The molecular formula is C28H34O6. The molecule has 2 unspecified atom stereocenters. The fourth-order valence-electron chi connectivity index (χ4n) is 7.03. The van der Waals surface area contributed by atoms with Crippen molar-refractivity contribution < 1.29 is 29.0 Å². The van der Waals surface area contributed by atoms with E-state index in [0.29, 0.717) is 19.3 Å². The molecule has 1 saturated carbocycles. The molecule has 5 rings (SSSR count). The molecule has 0 spiro atoms. The number of aryl methyl sites for hydroxylation is 1. The molecule has 0 radical (unpaired) electrons. The van der Waals surface area contributed by atoms with Gasteiger partial charge in [0.05, 0.1) is 11.5 Å². The predicted octanol–water partition coefficient (Wildman–Crippen LogP) is 3.64. The van der Waals surface area contributed by atoms with Gasteiger partial charge in [-0.3, -0.25) is 14.4 Å². The van der Waals surface area contributed by atoms with Crippen LogP contribution in [0, 0.1) is 17.3 Å². The van der Waals surface area contributed by atoms with Crippen LogP contribution in [0.25, 0.3) is 0 Å². The quantitative estimate of drug-likeness (QED) is 0.487. The van der Waals surface area contributed by atoms with E-state index in [-0.39, 0.29) is 53.6 Å². The van der Waals surface area contributed by atoms with Gasteiger partial charge in [0, 0.05) is 17.8 Å². The van der Waals surface area contributed by atoms with Gasteiger partial charge in [-0.15, -0.1) is 0 Å². The maximum absolute atomic E-state index is 13.1. The van der Waals surface area contributed by atoms with Crippen LogP contribution in [0.15, 0.2) is 30.4 Å². The topological polar surface area (TPSA) is 93.2 Å². The standard InChI is InChI=1S/C28H34O6/c1-15(17(3)30)12-22(33-14-29)16(2)18-7-9-20-19(13-18)8-10-21-24(20)25-26(34-25)28(32)11-5-6-23(31)27(21,28)4/h5-7,9,13-16,21-22,24-26,32H,8,10-12H2,1-4H3/t15?,16-,21-,22?,24-,25-,26-,27-,28-/m0/s1. The Bertz CT molecular complexity index is 1060. The van der Waals surface area contributed by atoms with Gasteiger partial charge in [0.25, 0.3) is 6.47 Å². The van der Waals surface area contributed by atoms with Crippen molar-refractivity contribution in [2.45, 2.75) is 89.1 Å². The smallest absolute Gasteiger partial charge is 0.293 e. The van der Waals surface area contributed by atoms with Crippen LogP contribution in [-0.4, -0.2) is 47.1 Å². The maximum atomic E-state index is 13.1. The molecule has 0 aromatic heterocycles. The summed E-state index contributed by atoms with van der Waals surface area (Å²) < 4.78 is 11.5. The van der Waals surface area contributed by atoms with Crippen molar-refractivity contribution in [3.63, 3.8) is 0 Å². The molecule has 1 heterocycles. The van der Waals surface area contributed by atoms with Crippen molar-refractivity contribution in [1.29, 1.82) is 0 Å². The SMILES string of the molecule is CC(=O)C(C)CC(OC=O)[C@@H](C)c1ccc2c(c1)CC[C@H]1[C@H]2[C@@H]2O[C@@H]2[C@@]2(O)CC=CC(=O)[C@]12C. The van der Waals surface area contributed by atoms with Crippen molar-refractivity contribution in [3.8, 4) is 0 Å². The zero-order valence-electron chi connectivity index (χ0n) is 20.3. The van der Waals surface area contributed by atoms with Gasteiger partial charge in [-0.1, -0.05) is 38.1 Å². The number of epoxide rings is 1. The molecule has 6 heteroatoms. The summed E-state index contributed by atoms with van der Waals surface area (Å²) in [6, 6.07) is 6.41. The highest BCUT2D eigenvalue weighted by Gasteiger charge is 2.75. The summed E-state index contributed by atoms with van der Waals surface area (Å²) in [5, 5.41) is 11.6. The number of Topliss-reactive ketones (excluding diaryl/α,β-unsaturated/α-hetero) is 1. The van der Waals surface area contributed by atoms with Crippen LogP contribution in [0.1, 0.15) is 75.5 Å². The molecule has 182 valence electrons. The lowest BCUT2D eigenvalue weighted by atomic mass is 9.48. The average molecular weight is 467 g/mol. The summed E-state index contributed by atoms with van der Waals surface area (Å²) >= 11 is 0. The molecule has 1 saturated heterocycles. The van der Waals surface area contributed by atoms with Crippen LogP contribution in [-0.2, 0) is 30.3 Å². The van der Waals surface area contributed by atoms with Crippen LogP contribution >= 0.6 is 0 Å². The third kappa shape index (κ3) is 3.25. The van der Waals surface area contributed by atoms with Crippen LogP contribution < -0.4 is 0 Å². The first-order valence-electron chi connectivity index (χ1n) is 12.4. The number of fused-ring (bicyclic) bond motifs is 8. The van der Waals surface area contributed by atoms with E-state index in [1.807, 2.05) is 20.8 Å². The van der Waals surface area contributed by atoms with Crippen LogP contribution in [0.3, 0.4) is 0 Å². The first kappa shape index (κ1) is 23.4. The molecule has 1 aromatic carbocycles. The van der Waals surface area contributed by atoms with E-state index in [1.54, 1.807) is 19.1 Å². The minimum atomic E-state index is -1.14. The Morgan fingerprint density at radius 3 is 2.82 bits per heavy atom. The Morgan fingerprint density at radius 1 is 1.35 bits per heavy atom. The van der Waals surface area contributed by atoms with Crippen LogP contribution in [0.4, 0.5) is 0 Å². The molecule has 0 amide bonds. The zero-order valence-corrected chi connectivity index (χ0v) is 20.3. The summed E-state index contributed by atoms with van der Waals surface area (Å²) in [6.07, 6.45) is 5.26. The normalized spacial score (nSPS) is 37.9. The van der Waals surface area contributed by atoms with Gasteiger partial charge in [-0.2, -0.15) is 0 Å². The first-order valence-corrected chi connectivity index (χ1v) is 12.4. The molecule has 34 heavy (non-hydrogen) atoms. The molecule has 3 aliphatic carbocycles. The Labute approximate surface area is 200 Å². The Kier molecular flexibility index (Phi) is 5.60. The molecule has 2 fully saturated rings. The highest BCUT2D eigenvalue weighted by molar-refractivity contribution is 5.97. The minimum Gasteiger partial charge on any atom is -0.464 e. The average Bonchev–Trinajstić information content (AvgIpc) is 3.61. The van der Waals surface area contributed by atoms with Crippen molar-refractivity contribution in [2.24, 2.45) is 17.3 Å². The Balaban J connectivity index is 1.45. The molecule has 1 N–H and O–H groups in total. The lowest BCUT2D eigenvalue weighted by Gasteiger charge is -2.55. The van der Waals surface area contributed by atoms with Crippen molar-refractivity contribution in [1.82, 2.24) is 0 Å². The Morgan fingerprint density at radius 2 is 2.12 bits per heavy atom. The lowest BCUT2D eigenvalue weighted by molar-refractivity contribution is -0.164. The van der Waals surface area contributed by atoms with Crippen LogP contribution in [0.2, 0.25) is 0 Å². The largest absolute Gasteiger partial charge is 0.464 e. The lowest BCUT2D eigenvalue weighted by Crippen LogP contribution is -2.65. The molecule has 0 bridgehead atoms. The highest BCUT2D eigenvalue weighted by Crippen LogP contribution is 2.66. The number of hydrogen-bond acceptors (Lipinski definition) is 6. The number of aliphatic hydroxyl groups is 1. The van der Waals surface area contributed by atoms with Crippen molar-refractivity contribution in [3.05, 3.63) is 47.0 Å². The van der Waals surface area contributed by atoms with Gasteiger partial charge in [0.2, 0.25) is 0 Å². The summed E-state index contributed by atoms with van der Waals surface area (Å²) in [4.78, 5) is 36.1. The van der Waals surface area contributed by atoms with E-state index in [0.717, 1.165) is 18.4 Å². The number of ketones is 2. The van der Waals surface area contributed by atoms with E-state index in [2.05, 4.69) is 18.2 Å². The fourth-order valence-corrected chi connectivity index (χ4v) is 7.03. The monoisotopic (exact) mass is 466 g/mol. The summed E-state index contributed by atoms with van der Waals surface area (Å²) in [7, 11) is 0. The molecule has 9 atom stereocenters. The van der Waals surface area contributed by atoms with E-state index >= 15 is 0 Å². The van der Waals surface area contributed by atoms with E-state index in [1.165, 1.54) is 11.1 Å². The van der Waals surface area contributed by atoms with Crippen molar-refractivity contribution >= 4 is 18.0 Å². The first-order chi connectivity index (χ1) is 16.1. The molecular weight excluding hydrogens is 432 g/mol. The number of carbonyl (C=O) groups excluding carboxylic acids is 3. The zero-order chi connectivity index (χ0) is 24.4.